The van der Waals surface area contributed by atoms with Crippen molar-refractivity contribution in [1.29, 1.82) is 0 Å². The number of rotatable bonds is 4. The number of aryl methyl sites for hydroxylation is 1. The average molecular weight is 294 g/mol. The summed E-state index contributed by atoms with van der Waals surface area (Å²) in [6, 6.07) is 3.25. The van der Waals surface area contributed by atoms with Crippen LogP contribution in [-0.4, -0.2) is 44.1 Å². The topological polar surface area (TPSA) is 32.8 Å². The fourth-order valence-corrected chi connectivity index (χ4v) is 2.71. The Morgan fingerprint density at radius 2 is 1.95 bits per heavy atom. The van der Waals surface area contributed by atoms with Crippen molar-refractivity contribution < 1.29 is 13.9 Å². The van der Waals surface area contributed by atoms with Gasteiger partial charge < -0.3 is 14.5 Å². The van der Waals surface area contributed by atoms with E-state index in [1.807, 2.05) is 18.7 Å². The van der Waals surface area contributed by atoms with Gasteiger partial charge in [0.1, 0.15) is 0 Å². The van der Waals surface area contributed by atoms with Gasteiger partial charge in [0.05, 0.1) is 7.11 Å². The maximum Gasteiger partial charge on any atom is 0.222 e. The number of nitrogens with zero attached hydrogens (tertiary/aromatic N) is 2. The predicted molar refractivity (Wildman–Crippen MR) is 81.4 cm³/mol. The number of benzene rings is 1. The lowest BCUT2D eigenvalue weighted by Crippen LogP contribution is -2.48. The van der Waals surface area contributed by atoms with Crippen LogP contribution in [0, 0.1) is 12.7 Å². The molecule has 21 heavy (non-hydrogen) atoms. The molecule has 1 aromatic carbocycles. The van der Waals surface area contributed by atoms with Crippen LogP contribution >= 0.6 is 0 Å². The van der Waals surface area contributed by atoms with Crippen molar-refractivity contribution in [1.82, 2.24) is 4.90 Å². The fourth-order valence-electron chi connectivity index (χ4n) is 2.71. The highest BCUT2D eigenvalue weighted by molar-refractivity contribution is 5.76. The van der Waals surface area contributed by atoms with Gasteiger partial charge in [0.2, 0.25) is 5.91 Å². The summed E-state index contributed by atoms with van der Waals surface area (Å²) in [5.74, 6) is 0.154. The Morgan fingerprint density at radius 1 is 1.29 bits per heavy atom. The molecule has 1 heterocycles. The van der Waals surface area contributed by atoms with Gasteiger partial charge in [0.25, 0.3) is 0 Å². The molecule has 4 nitrogen and oxygen atoms in total. The van der Waals surface area contributed by atoms with Crippen molar-refractivity contribution in [3.05, 3.63) is 23.5 Å². The maximum atomic E-state index is 13.7. The zero-order valence-corrected chi connectivity index (χ0v) is 13.0. The molecular weight excluding hydrogens is 271 g/mol. The van der Waals surface area contributed by atoms with Gasteiger partial charge in [-0.2, -0.15) is 0 Å². The molecule has 0 N–H and O–H groups in total. The van der Waals surface area contributed by atoms with Crippen LogP contribution in [0.1, 0.15) is 25.3 Å². The number of carbonyl (C=O) groups is 1. The number of methoxy groups -OCH3 is 1. The summed E-state index contributed by atoms with van der Waals surface area (Å²) in [4.78, 5) is 16.0. The van der Waals surface area contributed by atoms with E-state index in [0.717, 1.165) is 43.9 Å². The number of hydrogen-bond acceptors (Lipinski definition) is 3. The van der Waals surface area contributed by atoms with E-state index < -0.39 is 0 Å². The van der Waals surface area contributed by atoms with Crippen molar-refractivity contribution in [2.24, 2.45) is 0 Å². The van der Waals surface area contributed by atoms with Crippen molar-refractivity contribution in [3.63, 3.8) is 0 Å². The van der Waals surface area contributed by atoms with Gasteiger partial charge in [0, 0.05) is 44.4 Å². The minimum absolute atomic E-state index is 0.227. The summed E-state index contributed by atoms with van der Waals surface area (Å²) in [5.41, 5.74) is 1.87. The van der Waals surface area contributed by atoms with Crippen LogP contribution in [0.4, 0.5) is 10.1 Å². The zero-order chi connectivity index (χ0) is 15.4. The quantitative estimate of drug-likeness (QED) is 0.855. The summed E-state index contributed by atoms with van der Waals surface area (Å²) in [5, 5.41) is 0. The first-order chi connectivity index (χ1) is 10.1. The molecule has 1 aliphatic heterocycles. The molecule has 1 fully saturated rings. The van der Waals surface area contributed by atoms with E-state index in [1.165, 1.54) is 13.2 Å². The monoisotopic (exact) mass is 294 g/mol. The minimum atomic E-state index is -0.337. The zero-order valence-electron chi connectivity index (χ0n) is 13.0. The molecule has 1 amide bonds. The molecule has 1 aliphatic rings. The minimum Gasteiger partial charge on any atom is -0.494 e. The highest BCUT2D eigenvalue weighted by Crippen LogP contribution is 2.29. The summed E-state index contributed by atoms with van der Waals surface area (Å²) >= 11 is 0. The van der Waals surface area contributed by atoms with Gasteiger partial charge in [-0.15, -0.1) is 0 Å². The van der Waals surface area contributed by atoms with E-state index >= 15 is 0 Å². The third-order valence-electron chi connectivity index (χ3n) is 3.91. The normalized spacial score (nSPS) is 15.2. The lowest BCUT2D eigenvalue weighted by Gasteiger charge is -2.37. The molecule has 0 atom stereocenters. The van der Waals surface area contributed by atoms with E-state index in [-0.39, 0.29) is 17.5 Å². The molecule has 0 aliphatic carbocycles. The van der Waals surface area contributed by atoms with Crippen molar-refractivity contribution in [2.75, 3.05) is 38.2 Å². The average Bonchev–Trinajstić information content (AvgIpc) is 2.48. The highest BCUT2D eigenvalue weighted by Gasteiger charge is 2.22. The van der Waals surface area contributed by atoms with Crippen LogP contribution in [0.15, 0.2) is 12.1 Å². The standard InChI is InChI=1S/C16H23FN2O2/c1-4-5-16(20)19-8-6-18(7-9-19)14-11-15(21-3)13(17)10-12(14)2/h10-11H,4-9H2,1-3H3. The highest BCUT2D eigenvalue weighted by atomic mass is 19.1. The molecule has 0 aromatic heterocycles. The Balaban J connectivity index is 2.07. The van der Waals surface area contributed by atoms with E-state index in [1.54, 1.807) is 6.07 Å². The smallest absolute Gasteiger partial charge is 0.222 e. The third kappa shape index (κ3) is 3.46. The van der Waals surface area contributed by atoms with Crippen LogP contribution < -0.4 is 9.64 Å². The molecule has 0 saturated carbocycles. The molecule has 0 bridgehead atoms. The number of anilines is 1. The van der Waals surface area contributed by atoms with Gasteiger partial charge in [-0.3, -0.25) is 4.79 Å². The Kier molecular flexibility index (Phi) is 5.04. The van der Waals surface area contributed by atoms with Crippen LogP contribution in [-0.2, 0) is 4.79 Å². The first-order valence-corrected chi connectivity index (χ1v) is 7.43. The molecule has 2 rings (SSSR count). The number of carbonyl (C=O) groups excluding carboxylic acids is 1. The second-order valence-corrected chi connectivity index (χ2v) is 5.39. The molecule has 1 saturated heterocycles. The second kappa shape index (κ2) is 6.78. The molecule has 0 unspecified atom stereocenters. The first-order valence-electron chi connectivity index (χ1n) is 7.43. The van der Waals surface area contributed by atoms with E-state index in [0.29, 0.717) is 6.42 Å². The van der Waals surface area contributed by atoms with Crippen molar-refractivity contribution >= 4 is 11.6 Å². The maximum absolute atomic E-state index is 13.7. The molecule has 5 heteroatoms. The van der Waals surface area contributed by atoms with Crippen LogP contribution in [0.3, 0.4) is 0 Å². The van der Waals surface area contributed by atoms with Crippen molar-refractivity contribution in [3.8, 4) is 5.75 Å². The Morgan fingerprint density at radius 3 is 2.52 bits per heavy atom. The van der Waals surface area contributed by atoms with Crippen LogP contribution in [0.5, 0.6) is 5.75 Å². The van der Waals surface area contributed by atoms with E-state index in [2.05, 4.69) is 4.90 Å². The van der Waals surface area contributed by atoms with Crippen molar-refractivity contribution in [2.45, 2.75) is 26.7 Å². The molecular formula is C16H23FN2O2. The van der Waals surface area contributed by atoms with Crippen LogP contribution in [0.25, 0.3) is 0 Å². The van der Waals surface area contributed by atoms with Gasteiger partial charge in [-0.25, -0.2) is 4.39 Å². The number of piperazine rings is 1. The Bertz CT molecular complexity index is 511. The Labute approximate surface area is 125 Å². The first kappa shape index (κ1) is 15.6. The SMILES string of the molecule is CCCC(=O)N1CCN(c2cc(OC)c(F)cc2C)CC1. The molecule has 1 aromatic rings. The number of hydrogen-bond donors (Lipinski definition) is 0. The lowest BCUT2D eigenvalue weighted by atomic mass is 10.1. The predicted octanol–water partition coefficient (Wildman–Crippen LogP) is 2.59. The van der Waals surface area contributed by atoms with Gasteiger partial charge in [-0.1, -0.05) is 6.92 Å². The van der Waals surface area contributed by atoms with E-state index in [4.69, 9.17) is 4.74 Å². The Hall–Kier alpha value is -1.78. The summed E-state index contributed by atoms with van der Waals surface area (Å²) in [6.07, 6.45) is 1.50. The number of ether oxygens (including phenoxy) is 1. The molecule has 0 radical (unpaired) electrons. The number of amides is 1. The van der Waals surface area contributed by atoms with Gasteiger partial charge in [-0.05, 0) is 25.0 Å². The summed E-state index contributed by atoms with van der Waals surface area (Å²) in [6.45, 7) is 6.89. The molecule has 116 valence electrons. The van der Waals surface area contributed by atoms with Gasteiger partial charge >= 0.3 is 0 Å². The summed E-state index contributed by atoms with van der Waals surface area (Å²) < 4.78 is 18.7. The second-order valence-electron chi connectivity index (χ2n) is 5.39. The van der Waals surface area contributed by atoms with Crippen LogP contribution in [0.2, 0.25) is 0 Å². The summed E-state index contributed by atoms with van der Waals surface area (Å²) in [7, 11) is 1.47. The fraction of sp³-hybridized carbons (Fsp3) is 0.562. The largest absolute Gasteiger partial charge is 0.494 e. The lowest BCUT2D eigenvalue weighted by molar-refractivity contribution is -0.131. The van der Waals surface area contributed by atoms with Gasteiger partial charge in [0.15, 0.2) is 11.6 Å². The van der Waals surface area contributed by atoms with E-state index in [9.17, 15) is 9.18 Å². The number of halogens is 1. The molecule has 0 spiro atoms. The third-order valence-corrected chi connectivity index (χ3v) is 3.91.